The van der Waals surface area contributed by atoms with Crippen molar-refractivity contribution in [1.82, 2.24) is 10.4 Å². The first-order chi connectivity index (χ1) is 6.79. The molecule has 0 atom stereocenters. The van der Waals surface area contributed by atoms with Gasteiger partial charge in [-0.1, -0.05) is 6.92 Å². The fourth-order valence-electron chi connectivity index (χ4n) is 0.999. The Bertz CT molecular complexity index is 324. The van der Waals surface area contributed by atoms with E-state index in [0.717, 1.165) is 12.6 Å². The highest BCUT2D eigenvalue weighted by Crippen LogP contribution is 2.04. The molecule has 0 unspecified atom stereocenters. The van der Waals surface area contributed by atoms with Gasteiger partial charge in [-0.25, -0.2) is 10.2 Å². The molecular formula is C9H13FN4. The molecular weight excluding hydrogens is 183 g/mol. The van der Waals surface area contributed by atoms with Crippen molar-refractivity contribution in [3.8, 4) is 0 Å². The van der Waals surface area contributed by atoms with Gasteiger partial charge in [-0.05, 0) is 12.5 Å². The molecule has 5 heteroatoms. The summed E-state index contributed by atoms with van der Waals surface area (Å²) in [6.07, 6.45) is 3.52. The topological polar surface area (TPSA) is 63.3 Å². The summed E-state index contributed by atoms with van der Waals surface area (Å²) in [5, 5.41) is 0. The second kappa shape index (κ2) is 5.29. The summed E-state index contributed by atoms with van der Waals surface area (Å²) in [5.74, 6) is 5.17. The summed E-state index contributed by atoms with van der Waals surface area (Å²) in [7, 11) is 0. The van der Waals surface area contributed by atoms with Crippen LogP contribution in [0.5, 0.6) is 0 Å². The average molecular weight is 196 g/mol. The van der Waals surface area contributed by atoms with Crippen molar-refractivity contribution in [2.45, 2.75) is 13.3 Å². The number of aliphatic imine (C=N–C) groups is 1. The van der Waals surface area contributed by atoms with E-state index in [4.69, 9.17) is 5.84 Å². The third kappa shape index (κ3) is 2.50. The molecule has 0 aromatic carbocycles. The second-order valence-electron chi connectivity index (χ2n) is 2.73. The SMILES string of the molecule is CCCN=C(NN)c1ccncc1F. The molecule has 1 heterocycles. The quantitative estimate of drug-likeness (QED) is 0.326. The molecule has 3 N–H and O–H groups in total. The Balaban J connectivity index is 2.95. The van der Waals surface area contributed by atoms with Crippen LogP contribution >= 0.6 is 0 Å². The Labute approximate surface area is 82.0 Å². The minimum absolute atomic E-state index is 0.343. The van der Waals surface area contributed by atoms with Crippen LogP contribution in [0.25, 0.3) is 0 Å². The van der Waals surface area contributed by atoms with Crippen LogP contribution in [0.3, 0.4) is 0 Å². The summed E-state index contributed by atoms with van der Waals surface area (Å²) in [6.45, 7) is 2.60. The van der Waals surface area contributed by atoms with Gasteiger partial charge in [0, 0.05) is 12.7 Å². The highest BCUT2D eigenvalue weighted by Gasteiger charge is 2.06. The van der Waals surface area contributed by atoms with Crippen LogP contribution in [0.2, 0.25) is 0 Å². The van der Waals surface area contributed by atoms with E-state index in [2.05, 4.69) is 15.4 Å². The van der Waals surface area contributed by atoms with Crippen molar-refractivity contribution in [3.63, 3.8) is 0 Å². The third-order valence-electron chi connectivity index (χ3n) is 1.66. The van der Waals surface area contributed by atoms with Gasteiger partial charge in [0.1, 0.15) is 5.84 Å². The average Bonchev–Trinajstić information content (AvgIpc) is 2.21. The molecule has 1 rings (SSSR count). The standard InChI is InChI=1S/C9H13FN4/c1-2-4-13-9(14-11)7-3-5-12-6-8(7)10/h3,5-6H,2,4,11H2,1H3,(H,13,14). The van der Waals surface area contributed by atoms with Crippen molar-refractivity contribution in [2.24, 2.45) is 10.8 Å². The van der Waals surface area contributed by atoms with Crippen molar-refractivity contribution in [1.29, 1.82) is 0 Å². The van der Waals surface area contributed by atoms with Gasteiger partial charge < -0.3 is 5.43 Å². The van der Waals surface area contributed by atoms with Gasteiger partial charge in [0.05, 0.1) is 11.8 Å². The molecule has 1 aromatic heterocycles. The molecule has 14 heavy (non-hydrogen) atoms. The summed E-state index contributed by atoms with van der Waals surface area (Å²) in [4.78, 5) is 7.75. The molecule has 0 saturated heterocycles. The zero-order valence-corrected chi connectivity index (χ0v) is 8.00. The van der Waals surface area contributed by atoms with Gasteiger partial charge in [-0.2, -0.15) is 0 Å². The Morgan fingerprint density at radius 3 is 3.07 bits per heavy atom. The fraction of sp³-hybridized carbons (Fsp3) is 0.333. The lowest BCUT2D eigenvalue weighted by Crippen LogP contribution is -2.32. The van der Waals surface area contributed by atoms with Gasteiger partial charge in [-0.15, -0.1) is 0 Å². The van der Waals surface area contributed by atoms with Gasteiger partial charge >= 0.3 is 0 Å². The van der Waals surface area contributed by atoms with E-state index < -0.39 is 5.82 Å². The van der Waals surface area contributed by atoms with E-state index in [-0.39, 0.29) is 0 Å². The Morgan fingerprint density at radius 1 is 1.71 bits per heavy atom. The molecule has 0 amide bonds. The Hall–Kier alpha value is -1.49. The summed E-state index contributed by atoms with van der Waals surface area (Å²) in [5.41, 5.74) is 2.72. The van der Waals surface area contributed by atoms with Crippen LogP contribution in [-0.4, -0.2) is 17.4 Å². The molecule has 0 fully saturated rings. The molecule has 0 bridgehead atoms. The second-order valence-corrected chi connectivity index (χ2v) is 2.73. The van der Waals surface area contributed by atoms with E-state index in [1.165, 1.54) is 12.3 Å². The van der Waals surface area contributed by atoms with E-state index >= 15 is 0 Å². The molecule has 76 valence electrons. The number of halogens is 1. The predicted molar refractivity (Wildman–Crippen MR) is 53.2 cm³/mol. The van der Waals surface area contributed by atoms with Crippen LogP contribution in [0.15, 0.2) is 23.5 Å². The van der Waals surface area contributed by atoms with Gasteiger partial charge in [0.15, 0.2) is 5.82 Å². The number of hydrazine groups is 1. The lowest BCUT2D eigenvalue weighted by atomic mass is 10.2. The first-order valence-electron chi connectivity index (χ1n) is 4.40. The molecule has 0 spiro atoms. The van der Waals surface area contributed by atoms with Crippen LogP contribution in [0, 0.1) is 5.82 Å². The first kappa shape index (κ1) is 10.6. The molecule has 4 nitrogen and oxygen atoms in total. The normalized spacial score (nSPS) is 11.5. The molecule has 0 aliphatic rings. The smallest absolute Gasteiger partial charge is 0.152 e. The van der Waals surface area contributed by atoms with Gasteiger partial charge in [0.2, 0.25) is 0 Å². The third-order valence-corrected chi connectivity index (χ3v) is 1.66. The maximum atomic E-state index is 13.2. The molecule has 0 aliphatic carbocycles. The van der Waals surface area contributed by atoms with Crippen LogP contribution in [-0.2, 0) is 0 Å². The number of nitrogens with one attached hydrogen (secondary N) is 1. The molecule has 0 saturated carbocycles. The minimum Gasteiger partial charge on any atom is -0.308 e. The van der Waals surface area contributed by atoms with E-state index in [1.54, 1.807) is 0 Å². The van der Waals surface area contributed by atoms with Crippen LogP contribution in [0.4, 0.5) is 4.39 Å². The zero-order valence-electron chi connectivity index (χ0n) is 8.00. The highest BCUT2D eigenvalue weighted by molar-refractivity contribution is 5.98. The first-order valence-corrected chi connectivity index (χ1v) is 4.40. The predicted octanol–water partition coefficient (Wildman–Crippen LogP) is 0.841. The maximum Gasteiger partial charge on any atom is 0.152 e. The maximum absolute atomic E-state index is 13.2. The largest absolute Gasteiger partial charge is 0.308 e. The van der Waals surface area contributed by atoms with Crippen LogP contribution < -0.4 is 11.3 Å². The number of nitrogens with two attached hydrogens (primary N) is 1. The molecule has 0 aliphatic heterocycles. The lowest BCUT2D eigenvalue weighted by molar-refractivity contribution is 0.617. The number of hydrogen-bond acceptors (Lipinski definition) is 3. The van der Waals surface area contributed by atoms with Crippen molar-refractivity contribution in [2.75, 3.05) is 6.54 Å². The summed E-state index contributed by atoms with van der Waals surface area (Å²) < 4.78 is 13.2. The number of hydrogen-bond donors (Lipinski definition) is 2. The Kier molecular flexibility index (Phi) is 4.00. The fourth-order valence-corrected chi connectivity index (χ4v) is 0.999. The van der Waals surface area contributed by atoms with E-state index in [1.807, 2.05) is 6.92 Å². The number of pyridine rings is 1. The van der Waals surface area contributed by atoms with Gasteiger partial charge in [-0.3, -0.25) is 9.98 Å². The lowest BCUT2D eigenvalue weighted by Gasteiger charge is -2.05. The number of aromatic nitrogens is 1. The zero-order chi connectivity index (χ0) is 10.4. The van der Waals surface area contributed by atoms with Crippen molar-refractivity contribution >= 4 is 5.84 Å². The summed E-state index contributed by atoms with van der Waals surface area (Å²) in [6, 6.07) is 1.53. The summed E-state index contributed by atoms with van der Waals surface area (Å²) >= 11 is 0. The minimum atomic E-state index is -0.430. The number of amidine groups is 1. The highest BCUT2D eigenvalue weighted by atomic mass is 19.1. The van der Waals surface area contributed by atoms with E-state index in [9.17, 15) is 4.39 Å². The van der Waals surface area contributed by atoms with Gasteiger partial charge in [0.25, 0.3) is 0 Å². The Morgan fingerprint density at radius 2 is 2.50 bits per heavy atom. The van der Waals surface area contributed by atoms with Crippen LogP contribution in [0.1, 0.15) is 18.9 Å². The van der Waals surface area contributed by atoms with Crippen molar-refractivity contribution < 1.29 is 4.39 Å². The molecule has 1 aromatic rings. The van der Waals surface area contributed by atoms with Crippen molar-refractivity contribution in [3.05, 3.63) is 29.8 Å². The number of nitrogens with zero attached hydrogens (tertiary/aromatic N) is 2. The van der Waals surface area contributed by atoms with E-state index in [0.29, 0.717) is 17.9 Å². The number of rotatable bonds is 3. The monoisotopic (exact) mass is 196 g/mol. The molecule has 0 radical (unpaired) electrons.